The number of rotatable bonds is 18. The minimum absolute atomic E-state index is 0.0602. The van der Waals surface area contributed by atoms with Crippen molar-refractivity contribution in [3.8, 4) is 5.75 Å². The van der Waals surface area contributed by atoms with E-state index in [1.165, 1.54) is 51.4 Å². The van der Waals surface area contributed by atoms with Crippen LogP contribution in [0.3, 0.4) is 0 Å². The largest absolute Gasteiger partial charge is 0.748 e. The molecular formula is C26H44NO6S-. The fourth-order valence-electron chi connectivity index (χ4n) is 4.08. The molecule has 1 rings (SSSR count). The van der Waals surface area contributed by atoms with E-state index in [0.29, 0.717) is 6.42 Å². The molecule has 0 bridgehead atoms. The third kappa shape index (κ3) is 13.2. The zero-order chi connectivity index (χ0) is 25.4. The number of nitrogens with one attached hydrogen (secondary N) is 1. The van der Waals surface area contributed by atoms with Crippen LogP contribution in [0.5, 0.6) is 5.75 Å². The quantitative estimate of drug-likeness (QED) is 0.187. The van der Waals surface area contributed by atoms with Crippen molar-refractivity contribution in [1.29, 1.82) is 0 Å². The first-order valence-electron chi connectivity index (χ1n) is 12.7. The van der Waals surface area contributed by atoms with Crippen molar-refractivity contribution in [3.63, 3.8) is 0 Å². The number of methoxy groups -OCH3 is 1. The Balaban J connectivity index is 2.60. The van der Waals surface area contributed by atoms with Crippen molar-refractivity contribution in [1.82, 2.24) is 5.32 Å². The number of ether oxygens (including phenoxy) is 2. The van der Waals surface area contributed by atoms with Crippen LogP contribution in [0.25, 0.3) is 0 Å². The number of carbonyl (C=O) groups is 1. The van der Waals surface area contributed by atoms with Crippen molar-refractivity contribution >= 4 is 16.2 Å². The second kappa shape index (κ2) is 16.8. The first-order valence-corrected chi connectivity index (χ1v) is 14.3. The molecule has 0 aliphatic carbocycles. The second-order valence-electron chi connectivity index (χ2n) is 9.09. The molecular weight excluding hydrogens is 454 g/mol. The fourth-order valence-corrected chi connectivity index (χ4v) is 4.58. The Kier molecular flexibility index (Phi) is 14.9. The number of benzene rings is 1. The van der Waals surface area contributed by atoms with Crippen LogP contribution < -0.4 is 10.1 Å². The third-order valence-electron chi connectivity index (χ3n) is 6.04. The molecule has 1 unspecified atom stereocenters. The summed E-state index contributed by atoms with van der Waals surface area (Å²) < 4.78 is 43.3. The first kappa shape index (κ1) is 30.2. The van der Waals surface area contributed by atoms with Crippen LogP contribution in [-0.4, -0.2) is 38.5 Å². The molecule has 1 amide bonds. The van der Waals surface area contributed by atoms with E-state index in [9.17, 15) is 17.8 Å². The van der Waals surface area contributed by atoms with Gasteiger partial charge in [0.25, 0.3) is 0 Å². The Bertz CT molecular complexity index is 825. The van der Waals surface area contributed by atoms with Crippen LogP contribution in [0, 0.1) is 13.8 Å². The minimum atomic E-state index is -4.29. The highest BCUT2D eigenvalue weighted by molar-refractivity contribution is 7.85. The molecule has 0 aliphatic heterocycles. The SMILES string of the molecule is CCCCCCCCCCCCC(OC(=O)NCCCS(=O)(=O)[O-])c1cc(C)c(OC)cc1C. The van der Waals surface area contributed by atoms with Gasteiger partial charge in [-0.3, -0.25) is 0 Å². The number of carbonyl (C=O) groups excluding carboxylic acids is 1. The third-order valence-corrected chi connectivity index (χ3v) is 6.83. The van der Waals surface area contributed by atoms with E-state index in [1.807, 2.05) is 26.0 Å². The molecule has 8 heteroatoms. The van der Waals surface area contributed by atoms with E-state index in [-0.39, 0.29) is 13.0 Å². The lowest BCUT2D eigenvalue weighted by atomic mass is 9.96. The molecule has 0 saturated carbocycles. The Morgan fingerprint density at radius 1 is 0.941 bits per heavy atom. The van der Waals surface area contributed by atoms with E-state index in [4.69, 9.17) is 9.47 Å². The lowest BCUT2D eigenvalue weighted by molar-refractivity contribution is 0.0904. The van der Waals surface area contributed by atoms with Crippen LogP contribution in [0.15, 0.2) is 12.1 Å². The maximum atomic E-state index is 12.4. The maximum absolute atomic E-state index is 12.4. The highest BCUT2D eigenvalue weighted by atomic mass is 32.2. The van der Waals surface area contributed by atoms with Gasteiger partial charge in [-0.25, -0.2) is 13.2 Å². The summed E-state index contributed by atoms with van der Waals surface area (Å²) in [5, 5.41) is 2.56. The van der Waals surface area contributed by atoms with Gasteiger partial charge < -0.3 is 19.3 Å². The topological polar surface area (TPSA) is 105 Å². The molecule has 7 nitrogen and oxygen atoms in total. The van der Waals surface area contributed by atoms with Crippen LogP contribution >= 0.6 is 0 Å². The zero-order valence-corrected chi connectivity index (χ0v) is 22.3. The second-order valence-corrected chi connectivity index (χ2v) is 10.6. The number of hydrogen-bond donors (Lipinski definition) is 1. The van der Waals surface area contributed by atoms with Crippen LogP contribution in [0.1, 0.15) is 107 Å². The predicted molar refractivity (Wildman–Crippen MR) is 135 cm³/mol. The van der Waals surface area contributed by atoms with E-state index >= 15 is 0 Å². The van der Waals surface area contributed by atoms with Crippen molar-refractivity contribution in [2.45, 2.75) is 104 Å². The smallest absolute Gasteiger partial charge is 0.407 e. The number of hydrogen-bond acceptors (Lipinski definition) is 6. The summed E-state index contributed by atoms with van der Waals surface area (Å²) in [6.07, 6.45) is 12.1. The monoisotopic (exact) mass is 498 g/mol. The van der Waals surface area contributed by atoms with Crippen LogP contribution in [-0.2, 0) is 14.9 Å². The first-order chi connectivity index (χ1) is 16.2. The van der Waals surface area contributed by atoms with Gasteiger partial charge in [-0.15, -0.1) is 0 Å². The summed E-state index contributed by atoms with van der Waals surface area (Å²) in [5.74, 6) is 0.286. The molecule has 0 fully saturated rings. The molecule has 1 N–H and O–H groups in total. The van der Waals surface area contributed by atoms with Gasteiger partial charge in [0.05, 0.1) is 17.2 Å². The summed E-state index contributed by atoms with van der Waals surface area (Å²) in [4.78, 5) is 12.4. The van der Waals surface area contributed by atoms with Crippen molar-refractivity contribution in [2.75, 3.05) is 19.4 Å². The van der Waals surface area contributed by atoms with Gasteiger partial charge in [0.2, 0.25) is 0 Å². The van der Waals surface area contributed by atoms with Gasteiger partial charge in [0.15, 0.2) is 0 Å². The average Bonchev–Trinajstić information content (AvgIpc) is 2.77. The van der Waals surface area contributed by atoms with Gasteiger partial charge in [0, 0.05) is 12.3 Å². The molecule has 1 aromatic carbocycles. The standard InChI is InChI=1S/C26H45NO6S/c1-5-6-7-8-9-10-11-12-13-14-16-24(23-19-22(3)25(32-4)20-21(23)2)33-26(28)27-17-15-18-34(29,30)31/h19-20,24H,5-18H2,1-4H3,(H,27,28)(H,29,30,31)/p-1. The summed E-state index contributed by atoms with van der Waals surface area (Å²) in [6, 6.07) is 3.96. The number of amides is 1. The maximum Gasteiger partial charge on any atom is 0.407 e. The molecule has 34 heavy (non-hydrogen) atoms. The number of alkyl carbamates (subject to hydrolysis) is 1. The summed E-state index contributed by atoms with van der Waals surface area (Å²) in [6.45, 7) is 6.24. The molecule has 0 radical (unpaired) electrons. The Morgan fingerprint density at radius 2 is 1.53 bits per heavy atom. The molecule has 196 valence electrons. The minimum Gasteiger partial charge on any atom is -0.748 e. The predicted octanol–water partition coefficient (Wildman–Crippen LogP) is 6.33. The van der Waals surface area contributed by atoms with E-state index in [1.54, 1.807) is 7.11 Å². The van der Waals surface area contributed by atoms with E-state index in [0.717, 1.165) is 35.3 Å². The van der Waals surface area contributed by atoms with Crippen LogP contribution in [0.2, 0.25) is 0 Å². The van der Waals surface area contributed by atoms with Crippen molar-refractivity contribution in [3.05, 3.63) is 28.8 Å². The lowest BCUT2D eigenvalue weighted by Crippen LogP contribution is -2.28. The highest BCUT2D eigenvalue weighted by Crippen LogP contribution is 2.32. The van der Waals surface area contributed by atoms with Gasteiger partial charge in [0.1, 0.15) is 11.9 Å². The zero-order valence-electron chi connectivity index (χ0n) is 21.5. The normalized spacial score (nSPS) is 12.4. The highest BCUT2D eigenvalue weighted by Gasteiger charge is 2.20. The summed E-state index contributed by atoms with van der Waals surface area (Å²) in [5.41, 5.74) is 2.91. The van der Waals surface area contributed by atoms with Gasteiger partial charge in [-0.05, 0) is 61.9 Å². The average molecular weight is 499 g/mol. The molecule has 0 aliphatic rings. The lowest BCUT2D eigenvalue weighted by Gasteiger charge is -2.22. The molecule has 1 atom stereocenters. The fraction of sp³-hybridized carbons (Fsp3) is 0.731. The summed E-state index contributed by atoms with van der Waals surface area (Å²) in [7, 11) is -2.65. The van der Waals surface area contributed by atoms with E-state index in [2.05, 4.69) is 12.2 Å². The Hall–Kier alpha value is -1.80. The van der Waals surface area contributed by atoms with Gasteiger partial charge in [-0.2, -0.15) is 0 Å². The van der Waals surface area contributed by atoms with Crippen LogP contribution in [0.4, 0.5) is 4.79 Å². The molecule has 0 saturated heterocycles. The molecule has 0 aromatic heterocycles. The molecule has 0 heterocycles. The van der Waals surface area contributed by atoms with E-state index < -0.39 is 28.1 Å². The van der Waals surface area contributed by atoms with Crippen molar-refractivity contribution in [2.24, 2.45) is 0 Å². The molecule has 1 aromatic rings. The Labute approximate surface area is 206 Å². The molecule has 0 spiro atoms. The van der Waals surface area contributed by atoms with Gasteiger partial charge >= 0.3 is 6.09 Å². The van der Waals surface area contributed by atoms with Crippen molar-refractivity contribution < 1.29 is 27.2 Å². The summed E-state index contributed by atoms with van der Waals surface area (Å²) >= 11 is 0. The Morgan fingerprint density at radius 3 is 2.09 bits per heavy atom. The van der Waals surface area contributed by atoms with Gasteiger partial charge in [-0.1, -0.05) is 64.7 Å². The number of unbranched alkanes of at least 4 members (excludes halogenated alkanes) is 9. The number of aryl methyl sites for hydroxylation is 2.